The van der Waals surface area contributed by atoms with Gasteiger partial charge in [-0.2, -0.15) is 0 Å². The van der Waals surface area contributed by atoms with Gasteiger partial charge in [0, 0.05) is 43.6 Å². The lowest BCUT2D eigenvalue weighted by Gasteiger charge is -2.44. The van der Waals surface area contributed by atoms with Crippen LogP contribution in [0.3, 0.4) is 0 Å². The number of ether oxygens (including phenoxy) is 4. The predicted octanol–water partition coefficient (Wildman–Crippen LogP) is 3.35. The first-order valence-corrected chi connectivity index (χ1v) is 9.89. The van der Waals surface area contributed by atoms with Gasteiger partial charge in [0.15, 0.2) is 5.78 Å². The Balaban J connectivity index is 1.50. The topological polar surface area (TPSA) is 74.3 Å². The Morgan fingerprint density at radius 1 is 0.933 bits per heavy atom. The Hall–Kier alpha value is -3.22. The van der Waals surface area contributed by atoms with Crippen LogP contribution in [0.1, 0.15) is 40.0 Å². The Kier molecular flexibility index (Phi) is 5.28. The number of hydrogen-bond donors (Lipinski definition) is 0. The quantitative estimate of drug-likeness (QED) is 0.768. The van der Waals surface area contributed by atoms with Gasteiger partial charge in [0.05, 0.1) is 33.3 Å². The molecule has 0 aromatic heterocycles. The largest absolute Gasteiger partial charge is 0.497 e. The minimum atomic E-state index is -0.584. The lowest BCUT2D eigenvalue weighted by molar-refractivity contribution is -0.00582. The van der Waals surface area contributed by atoms with Crippen LogP contribution in [0, 0.1) is 0 Å². The van der Waals surface area contributed by atoms with Gasteiger partial charge in [0.1, 0.15) is 28.6 Å². The Bertz CT molecular complexity index is 955. The number of benzene rings is 2. The number of nitrogens with zero attached hydrogens (tertiary/aromatic N) is 1. The number of methoxy groups -OCH3 is 3. The van der Waals surface area contributed by atoms with E-state index in [-0.39, 0.29) is 11.7 Å². The van der Waals surface area contributed by atoms with E-state index in [1.54, 1.807) is 62.6 Å². The first-order chi connectivity index (χ1) is 14.5. The molecule has 2 heterocycles. The van der Waals surface area contributed by atoms with E-state index in [9.17, 15) is 9.59 Å². The first kappa shape index (κ1) is 20.1. The van der Waals surface area contributed by atoms with E-state index in [4.69, 9.17) is 18.9 Å². The van der Waals surface area contributed by atoms with Gasteiger partial charge < -0.3 is 23.8 Å². The zero-order valence-corrected chi connectivity index (χ0v) is 17.4. The maximum absolute atomic E-state index is 13.0. The fourth-order valence-corrected chi connectivity index (χ4v) is 4.11. The number of likely N-dealkylation sites (tertiary alicyclic amines) is 1. The molecule has 0 N–H and O–H groups in total. The molecule has 1 amide bonds. The average Bonchev–Trinajstić information content (AvgIpc) is 2.78. The van der Waals surface area contributed by atoms with E-state index in [1.807, 2.05) is 0 Å². The Morgan fingerprint density at radius 3 is 2.17 bits per heavy atom. The van der Waals surface area contributed by atoms with Crippen LogP contribution in [0.2, 0.25) is 0 Å². The van der Waals surface area contributed by atoms with Crippen molar-refractivity contribution in [1.29, 1.82) is 0 Å². The smallest absolute Gasteiger partial charge is 0.254 e. The number of amides is 1. The summed E-state index contributed by atoms with van der Waals surface area (Å²) in [6.45, 7) is 1.01. The van der Waals surface area contributed by atoms with Crippen LogP contribution in [0.15, 0.2) is 36.4 Å². The van der Waals surface area contributed by atoms with Crippen molar-refractivity contribution >= 4 is 11.7 Å². The molecule has 4 rings (SSSR count). The molecule has 0 atom stereocenters. The number of ketones is 1. The first-order valence-electron chi connectivity index (χ1n) is 9.89. The number of rotatable bonds is 4. The van der Waals surface area contributed by atoms with Gasteiger partial charge >= 0.3 is 0 Å². The van der Waals surface area contributed by atoms with Crippen LogP contribution in [0.4, 0.5) is 0 Å². The van der Waals surface area contributed by atoms with Gasteiger partial charge in [-0.05, 0) is 24.3 Å². The molecule has 2 aliphatic heterocycles. The zero-order valence-electron chi connectivity index (χ0n) is 17.4. The highest BCUT2D eigenvalue weighted by atomic mass is 16.5. The zero-order chi connectivity index (χ0) is 21.3. The second kappa shape index (κ2) is 7.89. The van der Waals surface area contributed by atoms with E-state index >= 15 is 0 Å². The summed E-state index contributed by atoms with van der Waals surface area (Å²) in [6, 6.07) is 10.4. The van der Waals surface area contributed by atoms with E-state index < -0.39 is 5.60 Å². The van der Waals surface area contributed by atoms with Crippen LogP contribution >= 0.6 is 0 Å². The molecular weight excluding hydrogens is 386 g/mol. The molecule has 0 aliphatic carbocycles. The fraction of sp³-hybridized carbons (Fsp3) is 0.391. The lowest BCUT2D eigenvalue weighted by Crippen LogP contribution is -2.52. The van der Waals surface area contributed by atoms with E-state index in [0.717, 1.165) is 0 Å². The van der Waals surface area contributed by atoms with Crippen molar-refractivity contribution < 1.29 is 28.5 Å². The summed E-state index contributed by atoms with van der Waals surface area (Å²) in [5.74, 6) is 2.32. The molecule has 1 saturated heterocycles. The monoisotopic (exact) mass is 411 g/mol. The maximum atomic E-state index is 13.0. The highest BCUT2D eigenvalue weighted by Crippen LogP contribution is 2.41. The van der Waals surface area contributed by atoms with Crippen molar-refractivity contribution in [3.63, 3.8) is 0 Å². The number of hydrogen-bond acceptors (Lipinski definition) is 6. The summed E-state index contributed by atoms with van der Waals surface area (Å²) in [7, 11) is 4.69. The molecule has 1 fully saturated rings. The van der Waals surface area contributed by atoms with E-state index in [0.29, 0.717) is 66.5 Å². The van der Waals surface area contributed by atoms with E-state index in [2.05, 4.69) is 0 Å². The third-order valence-corrected chi connectivity index (χ3v) is 5.86. The number of carbonyl (C=O) groups excluding carboxylic acids is 2. The van der Waals surface area contributed by atoms with Gasteiger partial charge in [-0.25, -0.2) is 0 Å². The van der Waals surface area contributed by atoms with Crippen molar-refractivity contribution in [2.24, 2.45) is 0 Å². The molecule has 7 nitrogen and oxygen atoms in total. The SMILES string of the molecule is COc1cc(OC)cc(C(=O)N2CCC3(CC2)CC(=O)c2ccc(OC)cc2O3)c1. The van der Waals surface area contributed by atoms with Crippen molar-refractivity contribution in [3.8, 4) is 23.0 Å². The minimum absolute atomic E-state index is 0.0659. The molecule has 0 bridgehead atoms. The summed E-state index contributed by atoms with van der Waals surface area (Å²) in [5, 5.41) is 0. The number of Topliss-reactive ketones (excluding diaryl/α,β-unsaturated/α-hetero) is 1. The normalized spacial score (nSPS) is 17.2. The molecule has 2 aromatic rings. The van der Waals surface area contributed by atoms with Crippen LogP contribution < -0.4 is 18.9 Å². The van der Waals surface area contributed by atoms with Crippen molar-refractivity contribution in [2.75, 3.05) is 34.4 Å². The second-order valence-electron chi connectivity index (χ2n) is 7.64. The summed E-state index contributed by atoms with van der Waals surface area (Å²) in [6.07, 6.45) is 1.49. The molecule has 2 aliphatic rings. The van der Waals surface area contributed by atoms with Crippen LogP contribution in [0.25, 0.3) is 0 Å². The lowest BCUT2D eigenvalue weighted by atomic mass is 9.82. The van der Waals surface area contributed by atoms with Gasteiger partial charge in [-0.3, -0.25) is 9.59 Å². The Labute approximate surface area is 175 Å². The number of fused-ring (bicyclic) bond motifs is 1. The number of carbonyl (C=O) groups is 2. The highest BCUT2D eigenvalue weighted by molar-refractivity contribution is 6.00. The summed E-state index contributed by atoms with van der Waals surface area (Å²) < 4.78 is 22.1. The predicted molar refractivity (Wildman–Crippen MR) is 110 cm³/mol. The van der Waals surface area contributed by atoms with E-state index in [1.165, 1.54) is 0 Å². The van der Waals surface area contributed by atoms with Crippen molar-refractivity contribution in [3.05, 3.63) is 47.5 Å². The van der Waals surface area contributed by atoms with Gasteiger partial charge in [-0.1, -0.05) is 0 Å². The third kappa shape index (κ3) is 3.67. The minimum Gasteiger partial charge on any atom is -0.497 e. The second-order valence-corrected chi connectivity index (χ2v) is 7.64. The van der Waals surface area contributed by atoms with Crippen LogP contribution in [0.5, 0.6) is 23.0 Å². The van der Waals surface area contributed by atoms with Gasteiger partial charge in [0.2, 0.25) is 0 Å². The molecule has 158 valence electrons. The molecular formula is C23H25NO6. The molecule has 30 heavy (non-hydrogen) atoms. The number of piperidine rings is 1. The van der Waals surface area contributed by atoms with Gasteiger partial charge in [-0.15, -0.1) is 0 Å². The molecule has 1 spiro atoms. The standard InChI is InChI=1S/C23H25NO6/c1-27-16-4-5-19-20(25)14-23(30-21(19)13-16)6-8-24(9-7-23)22(26)15-10-17(28-2)12-18(11-15)29-3/h4-5,10-13H,6-9,14H2,1-3H3. The van der Waals surface area contributed by atoms with Crippen molar-refractivity contribution in [2.45, 2.75) is 24.9 Å². The molecule has 0 saturated carbocycles. The summed E-state index contributed by atoms with van der Waals surface area (Å²) in [5.41, 5.74) is 0.514. The summed E-state index contributed by atoms with van der Waals surface area (Å²) in [4.78, 5) is 27.5. The fourth-order valence-electron chi connectivity index (χ4n) is 4.11. The van der Waals surface area contributed by atoms with Crippen molar-refractivity contribution in [1.82, 2.24) is 4.90 Å². The maximum Gasteiger partial charge on any atom is 0.254 e. The molecule has 7 heteroatoms. The van der Waals surface area contributed by atoms with Gasteiger partial charge in [0.25, 0.3) is 5.91 Å². The van der Waals surface area contributed by atoms with Crippen LogP contribution in [-0.4, -0.2) is 56.6 Å². The summed E-state index contributed by atoms with van der Waals surface area (Å²) >= 11 is 0. The average molecular weight is 411 g/mol. The molecule has 2 aromatic carbocycles. The third-order valence-electron chi connectivity index (χ3n) is 5.86. The molecule has 0 radical (unpaired) electrons. The molecule has 0 unspecified atom stereocenters. The van der Waals surface area contributed by atoms with Crippen LogP contribution in [-0.2, 0) is 0 Å². The highest BCUT2D eigenvalue weighted by Gasteiger charge is 2.43. The Morgan fingerprint density at radius 2 is 1.57 bits per heavy atom.